The Kier molecular flexibility index (Phi) is 3.43. The Morgan fingerprint density at radius 2 is 1.56 bits per heavy atom. The van der Waals surface area contributed by atoms with Gasteiger partial charge in [-0.1, -0.05) is 12.2 Å². The van der Waals surface area contributed by atoms with Gasteiger partial charge < -0.3 is 14.2 Å². The minimum atomic E-state index is -5.40. The maximum atomic E-state index is 15.5. The van der Waals surface area contributed by atoms with Gasteiger partial charge in [0.25, 0.3) is 0 Å². The van der Waals surface area contributed by atoms with Gasteiger partial charge in [0.15, 0.2) is 0 Å². The van der Waals surface area contributed by atoms with Crippen molar-refractivity contribution in [3.05, 3.63) is 12.2 Å². The van der Waals surface area contributed by atoms with Crippen molar-refractivity contribution in [2.45, 2.75) is 49.4 Å². The summed E-state index contributed by atoms with van der Waals surface area (Å²) in [5, 5.41) is 0. The summed E-state index contributed by atoms with van der Waals surface area (Å²) in [7, 11) is 1.70. The zero-order valence-electron chi connectivity index (χ0n) is 15.3. The van der Waals surface area contributed by atoms with E-state index < -0.39 is 35.5 Å². The second kappa shape index (κ2) is 5.05. The summed E-state index contributed by atoms with van der Waals surface area (Å²) >= 11 is 0. The van der Waals surface area contributed by atoms with Crippen LogP contribution in [0.4, 0.5) is 22.0 Å². The van der Waals surface area contributed by atoms with Crippen molar-refractivity contribution in [1.82, 2.24) is 0 Å². The third kappa shape index (κ3) is 1.76. The van der Waals surface area contributed by atoms with Gasteiger partial charge in [0, 0.05) is 20.1 Å². The van der Waals surface area contributed by atoms with Gasteiger partial charge in [-0.2, -0.15) is 22.0 Å². The van der Waals surface area contributed by atoms with E-state index in [4.69, 9.17) is 9.47 Å². The molecule has 1 saturated heterocycles. The minimum Gasteiger partial charge on any atom is -0.372 e. The summed E-state index contributed by atoms with van der Waals surface area (Å²) in [5.41, 5.74) is -2.32. The van der Waals surface area contributed by atoms with Gasteiger partial charge in [-0.05, 0) is 55.3 Å². The summed E-state index contributed by atoms with van der Waals surface area (Å²) in [6, 6.07) is 0. The Labute approximate surface area is 154 Å². The highest BCUT2D eigenvalue weighted by Gasteiger charge is 2.86. The SMILES string of the molecule is COC1(C)C2C3CC(C2OC(OC)(C(F)(F)F)C1(F)F)C1C2C=CC(C2)C31. The molecule has 0 spiro atoms. The lowest BCUT2D eigenvalue weighted by molar-refractivity contribution is -0.501. The first-order valence-corrected chi connectivity index (χ1v) is 9.45. The van der Waals surface area contributed by atoms with Crippen molar-refractivity contribution >= 4 is 0 Å². The Bertz CT molecular complexity index is 693. The standard InChI is InChI=1S/C19H23F5O3/c1-16(25-2)14-10-7-11(13-9-5-4-8(6-9)12(10)13)15(14)27-18(26-3,17(16,20)21)19(22,23)24/h4-5,8-15H,6-7H2,1-3H3. The van der Waals surface area contributed by atoms with Crippen LogP contribution in [0.25, 0.3) is 0 Å². The predicted octanol–water partition coefficient (Wildman–Crippen LogP) is 4.03. The summed E-state index contributed by atoms with van der Waals surface area (Å²) < 4.78 is 87.5. The molecule has 0 radical (unpaired) electrons. The highest BCUT2D eigenvalue weighted by molar-refractivity contribution is 5.27. The smallest absolute Gasteiger partial charge is 0.372 e. The van der Waals surface area contributed by atoms with Crippen molar-refractivity contribution < 1.29 is 36.2 Å². The lowest BCUT2D eigenvalue weighted by Gasteiger charge is -2.59. The molecule has 10 atom stereocenters. The fourth-order valence-corrected chi connectivity index (χ4v) is 7.47. The van der Waals surface area contributed by atoms with Crippen LogP contribution in [0.2, 0.25) is 0 Å². The molecule has 0 aromatic heterocycles. The molecule has 0 aromatic rings. The van der Waals surface area contributed by atoms with E-state index >= 15 is 8.78 Å². The average Bonchev–Trinajstić information content (AvgIpc) is 3.34. The molecule has 1 aliphatic heterocycles. The van der Waals surface area contributed by atoms with Crippen molar-refractivity contribution in [2.75, 3.05) is 14.2 Å². The van der Waals surface area contributed by atoms with E-state index in [0.29, 0.717) is 25.4 Å². The highest BCUT2D eigenvalue weighted by Crippen LogP contribution is 2.73. The van der Waals surface area contributed by atoms with Crippen molar-refractivity contribution in [1.29, 1.82) is 0 Å². The van der Waals surface area contributed by atoms with Gasteiger partial charge in [0.1, 0.15) is 5.60 Å². The van der Waals surface area contributed by atoms with Crippen LogP contribution in [0, 0.1) is 41.4 Å². The van der Waals surface area contributed by atoms with Crippen molar-refractivity contribution in [3.63, 3.8) is 0 Å². The molecular formula is C19H23F5O3. The Morgan fingerprint density at radius 1 is 0.963 bits per heavy atom. The fourth-order valence-electron chi connectivity index (χ4n) is 7.47. The highest BCUT2D eigenvalue weighted by atomic mass is 19.4. The van der Waals surface area contributed by atoms with Gasteiger partial charge in [-0.3, -0.25) is 0 Å². The first-order chi connectivity index (χ1) is 12.5. The van der Waals surface area contributed by atoms with Crippen LogP contribution in [-0.4, -0.2) is 43.8 Å². The zero-order chi connectivity index (χ0) is 19.6. The first-order valence-electron chi connectivity index (χ1n) is 9.45. The van der Waals surface area contributed by atoms with E-state index in [0.717, 1.165) is 20.5 Å². The summed E-state index contributed by atoms with van der Waals surface area (Å²) in [4.78, 5) is 0. The van der Waals surface area contributed by atoms with Crippen LogP contribution in [0.5, 0.6) is 0 Å². The third-order valence-corrected chi connectivity index (χ3v) is 8.41. The van der Waals surface area contributed by atoms with E-state index in [9.17, 15) is 13.2 Å². The summed E-state index contributed by atoms with van der Waals surface area (Å²) in [6.07, 6.45) is -0.464. The number of fused-ring (bicyclic) bond motifs is 12. The second-order valence-electron chi connectivity index (χ2n) is 8.98. The number of rotatable bonds is 2. The van der Waals surface area contributed by atoms with E-state index in [-0.39, 0.29) is 23.7 Å². The molecule has 0 amide bonds. The molecule has 1 heterocycles. The van der Waals surface area contributed by atoms with Gasteiger partial charge in [0.05, 0.1) is 6.10 Å². The molecule has 152 valence electrons. The van der Waals surface area contributed by atoms with Crippen LogP contribution in [0.15, 0.2) is 12.2 Å². The van der Waals surface area contributed by atoms with Crippen LogP contribution < -0.4 is 0 Å². The number of hydrogen-bond donors (Lipinski definition) is 0. The molecule has 4 fully saturated rings. The van der Waals surface area contributed by atoms with Gasteiger partial charge >= 0.3 is 17.9 Å². The third-order valence-electron chi connectivity index (χ3n) is 8.41. The number of alkyl halides is 5. The monoisotopic (exact) mass is 394 g/mol. The molecule has 3 nitrogen and oxygen atoms in total. The Balaban J connectivity index is 1.65. The lowest BCUT2D eigenvalue weighted by Crippen LogP contribution is -2.78. The Morgan fingerprint density at radius 3 is 2.07 bits per heavy atom. The maximum Gasteiger partial charge on any atom is 0.450 e. The molecule has 5 aliphatic rings. The van der Waals surface area contributed by atoms with Crippen LogP contribution in [-0.2, 0) is 14.2 Å². The number of allylic oxidation sites excluding steroid dienone is 2. The quantitative estimate of drug-likeness (QED) is 0.402. The average molecular weight is 394 g/mol. The normalized spacial score (nSPS) is 57.2. The molecular weight excluding hydrogens is 371 g/mol. The fraction of sp³-hybridized carbons (Fsp3) is 0.895. The van der Waals surface area contributed by atoms with Gasteiger partial charge in [-0.25, -0.2) is 0 Å². The van der Waals surface area contributed by atoms with Crippen LogP contribution >= 0.6 is 0 Å². The van der Waals surface area contributed by atoms with E-state index in [1.165, 1.54) is 0 Å². The van der Waals surface area contributed by atoms with Crippen molar-refractivity contribution in [3.8, 4) is 0 Å². The van der Waals surface area contributed by atoms with Crippen LogP contribution in [0.1, 0.15) is 19.8 Å². The van der Waals surface area contributed by atoms with Gasteiger partial charge in [-0.15, -0.1) is 0 Å². The van der Waals surface area contributed by atoms with Gasteiger partial charge in [0.2, 0.25) is 0 Å². The number of methoxy groups -OCH3 is 2. The molecule has 0 N–H and O–H groups in total. The second-order valence-corrected chi connectivity index (χ2v) is 8.98. The molecule has 4 aliphatic carbocycles. The van der Waals surface area contributed by atoms with E-state index in [2.05, 4.69) is 16.9 Å². The van der Waals surface area contributed by atoms with E-state index in [1.54, 1.807) is 0 Å². The molecule has 5 rings (SSSR count). The van der Waals surface area contributed by atoms with E-state index in [1.807, 2.05) is 0 Å². The topological polar surface area (TPSA) is 27.7 Å². The first kappa shape index (κ1) is 18.3. The Hall–Kier alpha value is -0.730. The summed E-state index contributed by atoms with van der Waals surface area (Å²) in [6.45, 7) is 1.10. The number of hydrogen-bond acceptors (Lipinski definition) is 3. The molecule has 0 aromatic carbocycles. The predicted molar refractivity (Wildman–Crippen MR) is 83.8 cm³/mol. The maximum absolute atomic E-state index is 15.5. The largest absolute Gasteiger partial charge is 0.450 e. The molecule has 3 saturated carbocycles. The number of halogens is 5. The van der Waals surface area contributed by atoms with Crippen LogP contribution in [0.3, 0.4) is 0 Å². The number of ether oxygens (including phenoxy) is 3. The molecule has 27 heavy (non-hydrogen) atoms. The zero-order valence-corrected chi connectivity index (χ0v) is 15.3. The molecule has 8 heteroatoms. The van der Waals surface area contributed by atoms with Crippen molar-refractivity contribution in [2.24, 2.45) is 41.4 Å². The minimum absolute atomic E-state index is 0.121. The molecule has 4 bridgehead atoms. The molecule has 10 unspecified atom stereocenters. The summed E-state index contributed by atoms with van der Waals surface area (Å²) in [5.74, 6) is -8.38. The lowest BCUT2D eigenvalue weighted by atomic mass is 9.60.